The number of rotatable bonds is 7. The summed E-state index contributed by atoms with van der Waals surface area (Å²) in [6.07, 6.45) is 0.125. The number of phenols is 1. The fourth-order valence-corrected chi connectivity index (χ4v) is 7.73. The van der Waals surface area contributed by atoms with Gasteiger partial charge >= 0.3 is 0 Å². The number of ketones is 2. The van der Waals surface area contributed by atoms with Crippen molar-refractivity contribution >= 4 is 34.8 Å². The summed E-state index contributed by atoms with van der Waals surface area (Å²) in [6.45, 7) is 1.75. The summed E-state index contributed by atoms with van der Waals surface area (Å²) in [4.78, 5) is 58.7. The van der Waals surface area contributed by atoms with Gasteiger partial charge in [0.25, 0.3) is 5.91 Å². The first-order chi connectivity index (χ1) is 22.2. The van der Waals surface area contributed by atoms with E-state index in [1.165, 1.54) is 4.90 Å². The smallest absolute Gasteiger partial charge is 0.255 e. The van der Waals surface area contributed by atoms with Crippen LogP contribution in [0.4, 0.5) is 11.4 Å². The van der Waals surface area contributed by atoms with Crippen molar-refractivity contribution in [3.8, 4) is 5.75 Å². The molecule has 1 heterocycles. The van der Waals surface area contributed by atoms with Crippen molar-refractivity contribution in [2.45, 2.75) is 31.0 Å². The molecule has 0 saturated carbocycles. The van der Waals surface area contributed by atoms with E-state index >= 15 is 0 Å². The zero-order valence-electron chi connectivity index (χ0n) is 26.6. The van der Waals surface area contributed by atoms with E-state index in [-0.39, 0.29) is 41.5 Å². The number of nitrogens with two attached hydrogens (primary N) is 1. The van der Waals surface area contributed by atoms with E-state index in [2.05, 4.69) is 10.2 Å². The Morgan fingerprint density at radius 3 is 2.32 bits per heavy atom. The molecule has 2 aromatic carbocycles. The lowest BCUT2D eigenvalue weighted by molar-refractivity contribution is -0.148. The molecule has 4 atom stereocenters. The summed E-state index contributed by atoms with van der Waals surface area (Å²) in [6, 6.07) is 10.4. The summed E-state index contributed by atoms with van der Waals surface area (Å²) in [5.41, 5.74) is 3.58. The predicted octanol–water partition coefficient (Wildman–Crippen LogP) is 1.26. The molecule has 47 heavy (non-hydrogen) atoms. The number of amides is 2. The second-order valence-corrected chi connectivity index (χ2v) is 13.4. The van der Waals surface area contributed by atoms with E-state index in [1.54, 1.807) is 39.2 Å². The standard InChI is InChI=1S/C34H39N5O8/c1-37(2)22-12-21(36-33(46)18-14-39(15-18)13-16-8-6-5-7-9-16)27(40)24-19(22)10-17-11-20-26(38(3)4)29(42)25(32(35)45)31(44)34(20,47)30(43)23(17)28(24)41/h5-9,12,17-18,20,26,40,42-43,47H,10-11,13-15H2,1-4H3,(H2,35,45)(H,36,46)/t17?,20-,26-,34-/m0/s1. The number of Topliss-reactive ketones (excluding diaryl/α,β-unsaturated/α-hetero) is 2. The molecule has 13 heteroatoms. The van der Waals surface area contributed by atoms with Crippen LogP contribution >= 0.6 is 0 Å². The molecule has 2 aromatic rings. The molecule has 1 unspecified atom stereocenters. The van der Waals surface area contributed by atoms with Gasteiger partial charge in [-0.3, -0.25) is 29.0 Å². The number of aliphatic hydroxyl groups excluding tert-OH is 2. The highest BCUT2D eigenvalue weighted by molar-refractivity contribution is 6.25. The first kappa shape index (κ1) is 32.2. The third-order valence-electron chi connectivity index (χ3n) is 10.0. The number of carbonyl (C=O) groups is 4. The number of primary amides is 1. The first-order valence-electron chi connectivity index (χ1n) is 15.4. The summed E-state index contributed by atoms with van der Waals surface area (Å²) in [5, 5.41) is 48.6. The maximum absolute atomic E-state index is 14.2. The number of phenolic OH excluding ortho intramolecular Hbond substituents is 1. The monoisotopic (exact) mass is 645 g/mol. The third-order valence-corrected chi connectivity index (χ3v) is 10.0. The Bertz CT molecular complexity index is 1760. The Hall–Kier alpha value is -4.72. The molecule has 1 saturated heterocycles. The summed E-state index contributed by atoms with van der Waals surface area (Å²) in [5.74, 6) is -7.92. The van der Waals surface area contributed by atoms with E-state index < -0.39 is 63.8 Å². The number of benzene rings is 2. The zero-order chi connectivity index (χ0) is 34.1. The lowest BCUT2D eigenvalue weighted by Gasteiger charge is -2.50. The Kier molecular flexibility index (Phi) is 7.89. The van der Waals surface area contributed by atoms with Crippen LogP contribution in [-0.2, 0) is 27.3 Å². The molecular formula is C34H39N5O8. The van der Waals surface area contributed by atoms with Gasteiger partial charge in [-0.25, -0.2) is 0 Å². The van der Waals surface area contributed by atoms with E-state index in [4.69, 9.17) is 5.73 Å². The lowest BCUT2D eigenvalue weighted by Crippen LogP contribution is -2.63. The van der Waals surface area contributed by atoms with Crippen molar-refractivity contribution in [1.82, 2.24) is 9.80 Å². The number of likely N-dealkylation sites (N-methyl/N-ethyl adjacent to an activating group) is 1. The number of nitrogens with zero attached hydrogens (tertiary/aromatic N) is 3. The number of likely N-dealkylation sites (tertiary alicyclic amines) is 1. The van der Waals surface area contributed by atoms with Crippen molar-refractivity contribution < 1.29 is 39.6 Å². The molecule has 0 spiro atoms. The number of aliphatic hydroxyl groups is 3. The van der Waals surface area contributed by atoms with Crippen LogP contribution in [0.15, 0.2) is 59.1 Å². The third kappa shape index (κ3) is 4.96. The molecule has 4 aliphatic rings. The molecule has 248 valence electrons. The van der Waals surface area contributed by atoms with Crippen LogP contribution in [0, 0.1) is 17.8 Å². The van der Waals surface area contributed by atoms with Gasteiger partial charge in [-0.05, 0) is 50.0 Å². The predicted molar refractivity (Wildman–Crippen MR) is 172 cm³/mol. The van der Waals surface area contributed by atoms with E-state index in [0.717, 1.165) is 5.56 Å². The number of carbonyl (C=O) groups excluding carboxylic acids is 4. The zero-order valence-corrected chi connectivity index (χ0v) is 26.6. The van der Waals surface area contributed by atoms with Crippen LogP contribution in [-0.4, -0.2) is 107 Å². The quantitative estimate of drug-likeness (QED) is 0.187. The highest BCUT2D eigenvalue weighted by Crippen LogP contribution is 2.54. The number of hydrogen-bond acceptors (Lipinski definition) is 11. The molecule has 13 nitrogen and oxygen atoms in total. The molecular weight excluding hydrogens is 606 g/mol. The number of hydrogen-bond donors (Lipinski definition) is 6. The minimum Gasteiger partial charge on any atom is -0.510 e. The van der Waals surface area contributed by atoms with Crippen LogP contribution in [0.3, 0.4) is 0 Å². The normalized spacial score (nSPS) is 26.0. The van der Waals surface area contributed by atoms with Gasteiger partial charge in [0, 0.05) is 50.9 Å². The maximum Gasteiger partial charge on any atom is 0.255 e. The van der Waals surface area contributed by atoms with Crippen LogP contribution in [0.1, 0.15) is 27.9 Å². The fourth-order valence-electron chi connectivity index (χ4n) is 7.73. The molecule has 2 amide bonds. The highest BCUT2D eigenvalue weighted by atomic mass is 16.3. The van der Waals surface area contributed by atoms with Gasteiger partial charge in [0.05, 0.1) is 23.2 Å². The van der Waals surface area contributed by atoms with Gasteiger partial charge in [0.2, 0.25) is 11.7 Å². The first-order valence-corrected chi connectivity index (χ1v) is 15.4. The average molecular weight is 646 g/mol. The second kappa shape index (κ2) is 11.5. The SMILES string of the molecule is CN(C)c1cc(NC(=O)C2CN(Cc3ccccc3)C2)c(O)c2c1CC1C[C@H]3[C@H](N(C)C)C(O)=C(C(N)=O)C(=O)[C@@]3(O)C(O)=C1C2=O. The van der Waals surface area contributed by atoms with Crippen molar-refractivity contribution in [2.75, 3.05) is 51.5 Å². The number of fused-ring (bicyclic) bond motifs is 3. The van der Waals surface area contributed by atoms with Crippen molar-refractivity contribution in [3.05, 3.63) is 75.8 Å². The lowest BCUT2D eigenvalue weighted by atomic mass is 9.58. The largest absolute Gasteiger partial charge is 0.510 e. The van der Waals surface area contributed by atoms with Gasteiger partial charge in [-0.2, -0.15) is 0 Å². The summed E-state index contributed by atoms with van der Waals surface area (Å²) < 4.78 is 0. The van der Waals surface area contributed by atoms with Gasteiger partial charge < -0.3 is 36.4 Å². The molecule has 7 N–H and O–H groups in total. The van der Waals surface area contributed by atoms with E-state index in [0.29, 0.717) is 30.9 Å². The number of allylic oxidation sites excluding steroid dienone is 1. The molecule has 0 aromatic heterocycles. The summed E-state index contributed by atoms with van der Waals surface area (Å²) >= 11 is 0. The molecule has 0 radical (unpaired) electrons. The molecule has 0 bridgehead atoms. The van der Waals surface area contributed by atoms with Gasteiger partial charge in [0.15, 0.2) is 17.1 Å². The minimum atomic E-state index is -2.73. The van der Waals surface area contributed by atoms with Gasteiger partial charge in [-0.15, -0.1) is 0 Å². The number of aromatic hydroxyl groups is 1. The topological polar surface area (TPSA) is 197 Å². The van der Waals surface area contributed by atoms with E-state index in [9.17, 15) is 39.6 Å². The van der Waals surface area contributed by atoms with Crippen LogP contribution in [0.2, 0.25) is 0 Å². The Labute approximate surface area is 271 Å². The van der Waals surface area contributed by atoms with Crippen molar-refractivity contribution in [1.29, 1.82) is 0 Å². The van der Waals surface area contributed by atoms with Crippen LogP contribution < -0.4 is 16.0 Å². The van der Waals surface area contributed by atoms with E-state index in [1.807, 2.05) is 30.3 Å². The molecule has 3 aliphatic carbocycles. The fraction of sp³-hybridized carbons (Fsp3) is 0.412. The Morgan fingerprint density at radius 2 is 1.72 bits per heavy atom. The summed E-state index contributed by atoms with van der Waals surface area (Å²) in [7, 11) is 6.68. The second-order valence-electron chi connectivity index (χ2n) is 13.4. The highest BCUT2D eigenvalue weighted by Gasteiger charge is 2.63. The number of anilines is 2. The Morgan fingerprint density at radius 1 is 1.06 bits per heavy atom. The molecule has 6 rings (SSSR count). The number of nitrogens with one attached hydrogen (secondary N) is 1. The Balaban J connectivity index is 1.35. The molecule has 1 aliphatic heterocycles. The van der Waals surface area contributed by atoms with Crippen molar-refractivity contribution in [2.24, 2.45) is 23.5 Å². The van der Waals surface area contributed by atoms with Gasteiger partial charge in [0.1, 0.15) is 17.1 Å². The minimum absolute atomic E-state index is 0.0148. The van der Waals surface area contributed by atoms with Crippen LogP contribution in [0.25, 0.3) is 0 Å². The van der Waals surface area contributed by atoms with Crippen LogP contribution in [0.5, 0.6) is 5.75 Å². The van der Waals surface area contributed by atoms with Crippen molar-refractivity contribution in [3.63, 3.8) is 0 Å². The average Bonchev–Trinajstić information content (AvgIpc) is 2.97. The molecule has 1 fully saturated rings. The van der Waals surface area contributed by atoms with Gasteiger partial charge in [-0.1, -0.05) is 30.3 Å². The maximum atomic E-state index is 14.2.